The van der Waals surface area contributed by atoms with Crippen LogP contribution >= 0.6 is 0 Å². The lowest BCUT2D eigenvalue weighted by Crippen LogP contribution is -2.50. The lowest BCUT2D eigenvalue weighted by atomic mass is 9.69. The van der Waals surface area contributed by atoms with Gasteiger partial charge in [0.25, 0.3) is 0 Å². The second-order valence-corrected chi connectivity index (χ2v) is 11.9. The molecule has 2 aromatic carbocycles. The molecule has 0 amide bonds. The lowest BCUT2D eigenvalue weighted by Gasteiger charge is -2.44. The highest BCUT2D eigenvalue weighted by Gasteiger charge is 2.64. The zero-order chi connectivity index (χ0) is 21.0. The third-order valence-corrected chi connectivity index (χ3v) is 9.75. The van der Waals surface area contributed by atoms with Gasteiger partial charge in [0.15, 0.2) is 0 Å². The minimum atomic E-state index is -3.52. The van der Waals surface area contributed by atoms with E-state index in [4.69, 9.17) is 0 Å². The Balaban J connectivity index is 1.83. The highest BCUT2D eigenvalue weighted by Crippen LogP contribution is 2.67. The van der Waals surface area contributed by atoms with Crippen molar-refractivity contribution < 1.29 is 8.42 Å². The number of fused-ring (bicyclic) bond motifs is 2. The number of hydrogen-bond acceptors (Lipinski definition) is 2. The smallest absolute Gasteiger partial charge is 0.239 e. The van der Waals surface area contributed by atoms with Crippen LogP contribution in [-0.2, 0) is 15.8 Å². The Morgan fingerprint density at radius 3 is 2.14 bits per heavy atom. The fraction of sp³-hybridized carbons (Fsp3) is 0.520. The molecule has 4 rings (SSSR count). The van der Waals surface area contributed by atoms with Gasteiger partial charge in [-0.05, 0) is 78.7 Å². The quantitative estimate of drug-likeness (QED) is 0.618. The van der Waals surface area contributed by atoms with Crippen molar-refractivity contribution in [3.8, 4) is 0 Å². The van der Waals surface area contributed by atoms with E-state index in [9.17, 15) is 8.42 Å². The van der Waals surface area contributed by atoms with Gasteiger partial charge in [-0.25, -0.2) is 8.42 Å². The summed E-state index contributed by atoms with van der Waals surface area (Å²) in [6.07, 6.45) is 3.25. The largest absolute Gasteiger partial charge is 0.266 e. The first-order valence-corrected chi connectivity index (χ1v) is 12.3. The molecule has 0 aromatic heterocycles. The van der Waals surface area contributed by atoms with Gasteiger partial charge in [0.05, 0.1) is 17.5 Å². The SMILES string of the molecule is Cc1cc(C)cc(N(C2CC3CCC2(C)C3(C)C)S(=O)(=O)Cc2ccccc2)c1. The van der Waals surface area contributed by atoms with Crippen LogP contribution in [0.4, 0.5) is 5.69 Å². The summed E-state index contributed by atoms with van der Waals surface area (Å²) < 4.78 is 29.5. The van der Waals surface area contributed by atoms with Crippen molar-refractivity contribution >= 4 is 15.7 Å². The van der Waals surface area contributed by atoms with E-state index in [0.717, 1.165) is 35.2 Å². The number of rotatable bonds is 5. The molecule has 156 valence electrons. The van der Waals surface area contributed by atoms with E-state index >= 15 is 0 Å². The van der Waals surface area contributed by atoms with Crippen LogP contribution in [0.15, 0.2) is 48.5 Å². The molecule has 2 fully saturated rings. The Hall–Kier alpha value is -1.81. The fourth-order valence-corrected chi connectivity index (χ4v) is 7.87. The Morgan fingerprint density at radius 1 is 1.00 bits per heavy atom. The molecular weight excluding hydrogens is 378 g/mol. The highest BCUT2D eigenvalue weighted by atomic mass is 32.2. The first kappa shape index (κ1) is 20.5. The average Bonchev–Trinajstić information content (AvgIpc) is 2.95. The van der Waals surface area contributed by atoms with Gasteiger partial charge in [-0.3, -0.25) is 4.31 Å². The number of hydrogen-bond donors (Lipinski definition) is 0. The van der Waals surface area contributed by atoms with Crippen LogP contribution in [0.3, 0.4) is 0 Å². The van der Waals surface area contributed by atoms with Gasteiger partial charge in [-0.1, -0.05) is 57.2 Å². The third-order valence-electron chi connectivity index (χ3n) is 7.98. The molecule has 0 aliphatic heterocycles. The molecular formula is C25H33NO2S. The summed E-state index contributed by atoms with van der Waals surface area (Å²) >= 11 is 0. The summed E-state index contributed by atoms with van der Waals surface area (Å²) in [5.41, 5.74) is 4.01. The van der Waals surface area contributed by atoms with Gasteiger partial charge < -0.3 is 0 Å². The molecule has 2 bridgehead atoms. The summed E-state index contributed by atoms with van der Waals surface area (Å²) in [6, 6.07) is 15.8. The maximum atomic E-state index is 13.9. The van der Waals surface area contributed by atoms with E-state index in [2.05, 4.69) is 26.8 Å². The zero-order valence-corrected chi connectivity index (χ0v) is 19.1. The molecule has 29 heavy (non-hydrogen) atoms. The van der Waals surface area contributed by atoms with Crippen LogP contribution in [-0.4, -0.2) is 14.5 Å². The number of benzene rings is 2. The predicted molar refractivity (Wildman–Crippen MR) is 120 cm³/mol. The van der Waals surface area contributed by atoms with Crippen molar-refractivity contribution in [1.29, 1.82) is 0 Å². The normalized spacial score (nSPS) is 27.9. The second-order valence-electron chi connectivity index (χ2n) is 10.0. The van der Waals surface area contributed by atoms with Crippen LogP contribution in [0.25, 0.3) is 0 Å². The third kappa shape index (κ3) is 3.30. The molecule has 2 aromatic rings. The molecule has 2 saturated carbocycles. The molecule has 0 heterocycles. The summed E-state index contributed by atoms with van der Waals surface area (Å²) in [4.78, 5) is 0. The maximum absolute atomic E-state index is 13.9. The van der Waals surface area contributed by atoms with E-state index in [0.29, 0.717) is 5.92 Å². The lowest BCUT2D eigenvalue weighted by molar-refractivity contribution is 0.137. The van der Waals surface area contributed by atoms with Crippen molar-refractivity contribution in [1.82, 2.24) is 0 Å². The van der Waals surface area contributed by atoms with E-state index in [1.165, 1.54) is 6.42 Å². The molecule has 3 unspecified atom stereocenters. The minimum Gasteiger partial charge on any atom is -0.266 e. The van der Waals surface area contributed by atoms with Crippen LogP contribution in [0.2, 0.25) is 0 Å². The van der Waals surface area contributed by atoms with Crippen LogP contribution in [0, 0.1) is 30.6 Å². The van der Waals surface area contributed by atoms with Crippen molar-refractivity contribution in [3.05, 3.63) is 65.2 Å². The van der Waals surface area contributed by atoms with E-state index in [1.807, 2.05) is 56.3 Å². The predicted octanol–water partition coefficient (Wildman–Crippen LogP) is 5.85. The summed E-state index contributed by atoms with van der Waals surface area (Å²) in [5.74, 6) is 0.622. The van der Waals surface area contributed by atoms with Crippen molar-refractivity contribution in [3.63, 3.8) is 0 Å². The van der Waals surface area contributed by atoms with Crippen LogP contribution in [0.5, 0.6) is 0 Å². The second kappa shape index (κ2) is 6.87. The topological polar surface area (TPSA) is 37.4 Å². The number of aryl methyl sites for hydroxylation is 2. The summed E-state index contributed by atoms with van der Waals surface area (Å²) in [6.45, 7) is 11.1. The average molecular weight is 412 g/mol. The molecule has 4 heteroatoms. The highest BCUT2D eigenvalue weighted by molar-refractivity contribution is 7.92. The van der Waals surface area contributed by atoms with Crippen molar-refractivity contribution in [2.24, 2.45) is 16.7 Å². The monoisotopic (exact) mass is 411 g/mol. The van der Waals surface area contributed by atoms with Gasteiger partial charge in [0, 0.05) is 0 Å². The molecule has 2 aliphatic carbocycles. The molecule has 0 spiro atoms. The molecule has 0 N–H and O–H groups in total. The van der Waals surface area contributed by atoms with Crippen molar-refractivity contribution in [2.75, 3.05) is 4.31 Å². The summed E-state index contributed by atoms with van der Waals surface area (Å²) in [5, 5.41) is 0. The zero-order valence-electron chi connectivity index (χ0n) is 18.3. The van der Waals surface area contributed by atoms with Crippen molar-refractivity contribution in [2.45, 2.75) is 65.7 Å². The molecule has 0 radical (unpaired) electrons. The Labute approximate surface area is 176 Å². The first-order valence-electron chi connectivity index (χ1n) is 10.7. The summed E-state index contributed by atoms with van der Waals surface area (Å²) in [7, 11) is -3.52. The van der Waals surface area contributed by atoms with E-state index in [1.54, 1.807) is 4.31 Å². The van der Waals surface area contributed by atoms with Gasteiger partial charge in [0.2, 0.25) is 10.0 Å². The van der Waals surface area contributed by atoms with Crippen LogP contribution in [0.1, 0.15) is 56.7 Å². The maximum Gasteiger partial charge on any atom is 0.239 e. The van der Waals surface area contributed by atoms with Crippen LogP contribution < -0.4 is 4.31 Å². The Kier molecular flexibility index (Phi) is 4.85. The first-order chi connectivity index (χ1) is 13.5. The van der Waals surface area contributed by atoms with Gasteiger partial charge in [0.1, 0.15) is 0 Å². The minimum absolute atomic E-state index is 0.00571. The molecule has 3 atom stereocenters. The van der Waals surface area contributed by atoms with E-state index in [-0.39, 0.29) is 22.6 Å². The number of anilines is 1. The fourth-order valence-electron chi connectivity index (χ4n) is 5.98. The Morgan fingerprint density at radius 2 is 1.62 bits per heavy atom. The molecule has 0 saturated heterocycles. The number of sulfonamides is 1. The van der Waals surface area contributed by atoms with Gasteiger partial charge >= 0.3 is 0 Å². The van der Waals surface area contributed by atoms with Gasteiger partial charge in [-0.15, -0.1) is 0 Å². The number of nitrogens with zero attached hydrogens (tertiary/aromatic N) is 1. The van der Waals surface area contributed by atoms with Gasteiger partial charge in [-0.2, -0.15) is 0 Å². The Bertz CT molecular complexity index is 992. The van der Waals surface area contributed by atoms with E-state index < -0.39 is 10.0 Å². The standard InChI is InChI=1S/C25H33NO2S/c1-18-13-19(2)15-22(14-18)26(29(27,28)17-20-9-7-6-8-10-20)23-16-21-11-12-25(23,5)24(21,3)4/h6-10,13-15,21,23H,11-12,16-17H2,1-5H3. The molecule has 2 aliphatic rings. The molecule has 3 nitrogen and oxygen atoms in total.